The van der Waals surface area contributed by atoms with Gasteiger partial charge in [-0.25, -0.2) is 0 Å². The maximum atomic E-state index is 11.6. The van der Waals surface area contributed by atoms with Gasteiger partial charge in [-0.2, -0.15) is 0 Å². The van der Waals surface area contributed by atoms with Crippen LogP contribution in [0.3, 0.4) is 0 Å². The number of rotatable bonds is 16. The van der Waals surface area contributed by atoms with Gasteiger partial charge in [-0.1, -0.05) is 58.3 Å². The van der Waals surface area contributed by atoms with Crippen molar-refractivity contribution in [3.05, 3.63) is 0 Å². The van der Waals surface area contributed by atoms with E-state index in [0.717, 1.165) is 12.8 Å². The fourth-order valence-corrected chi connectivity index (χ4v) is 2.53. The third-order valence-electron chi connectivity index (χ3n) is 3.89. The summed E-state index contributed by atoms with van der Waals surface area (Å²) in [6, 6.07) is 0. The first-order valence-corrected chi connectivity index (χ1v) is 9.91. The Hall–Kier alpha value is -1.06. The number of carbonyl (C=O) groups is 2. The number of ether oxygens (including phenoxy) is 2. The van der Waals surface area contributed by atoms with Crippen molar-refractivity contribution in [2.45, 2.75) is 110 Å². The third kappa shape index (κ3) is 17.3. The number of hydrogen-bond donors (Lipinski definition) is 0. The van der Waals surface area contributed by atoms with Gasteiger partial charge < -0.3 is 9.47 Å². The summed E-state index contributed by atoms with van der Waals surface area (Å²) < 4.78 is 10.3. The largest absolute Gasteiger partial charge is 0.466 e. The van der Waals surface area contributed by atoms with E-state index in [0.29, 0.717) is 32.3 Å². The van der Waals surface area contributed by atoms with E-state index in [9.17, 15) is 9.59 Å². The third-order valence-corrected chi connectivity index (χ3v) is 3.89. The number of hydrogen-bond acceptors (Lipinski definition) is 4. The molecule has 4 nitrogen and oxygen atoms in total. The Morgan fingerprint density at radius 3 is 1.75 bits per heavy atom. The van der Waals surface area contributed by atoms with E-state index in [4.69, 9.17) is 9.47 Å². The molecule has 0 unspecified atom stereocenters. The summed E-state index contributed by atoms with van der Waals surface area (Å²) in [5.74, 6) is -0.333. The van der Waals surface area contributed by atoms with Gasteiger partial charge in [-0.05, 0) is 33.1 Å². The van der Waals surface area contributed by atoms with E-state index in [2.05, 4.69) is 6.92 Å². The van der Waals surface area contributed by atoms with Gasteiger partial charge >= 0.3 is 11.9 Å². The summed E-state index contributed by atoms with van der Waals surface area (Å²) in [7, 11) is 0. The molecular weight excluding hydrogens is 304 g/mol. The van der Waals surface area contributed by atoms with Crippen LogP contribution in [0.1, 0.15) is 104 Å². The molecule has 0 heterocycles. The summed E-state index contributed by atoms with van der Waals surface area (Å²) in [5.41, 5.74) is 0. The van der Waals surface area contributed by atoms with Crippen LogP contribution in [-0.2, 0) is 19.1 Å². The first-order chi connectivity index (χ1) is 11.6. The molecule has 0 saturated heterocycles. The zero-order chi connectivity index (χ0) is 18.0. The molecule has 0 aromatic rings. The molecule has 0 atom stereocenters. The second kappa shape index (κ2) is 16.8. The van der Waals surface area contributed by atoms with Crippen LogP contribution in [0.25, 0.3) is 0 Å². The number of unbranched alkanes of at least 4 members (excludes halogenated alkanes) is 9. The van der Waals surface area contributed by atoms with Crippen LogP contribution in [0.5, 0.6) is 0 Å². The fraction of sp³-hybridized carbons (Fsp3) is 0.900. The molecule has 0 spiro atoms. The van der Waals surface area contributed by atoms with Gasteiger partial charge in [0.05, 0.1) is 12.7 Å². The van der Waals surface area contributed by atoms with E-state index < -0.39 is 0 Å². The Morgan fingerprint density at radius 1 is 0.708 bits per heavy atom. The van der Waals surface area contributed by atoms with Crippen molar-refractivity contribution in [3.63, 3.8) is 0 Å². The van der Waals surface area contributed by atoms with Crippen molar-refractivity contribution in [1.82, 2.24) is 0 Å². The lowest BCUT2D eigenvalue weighted by atomic mass is 10.1. The molecule has 0 bridgehead atoms. The van der Waals surface area contributed by atoms with Crippen LogP contribution in [0, 0.1) is 0 Å². The molecule has 0 fully saturated rings. The maximum absolute atomic E-state index is 11.6. The van der Waals surface area contributed by atoms with Gasteiger partial charge in [0, 0.05) is 12.8 Å². The Labute approximate surface area is 148 Å². The Balaban J connectivity index is 3.28. The maximum Gasteiger partial charge on any atom is 0.306 e. The predicted molar refractivity (Wildman–Crippen MR) is 97.9 cm³/mol. The van der Waals surface area contributed by atoms with E-state index >= 15 is 0 Å². The summed E-state index contributed by atoms with van der Waals surface area (Å²) in [4.78, 5) is 22.9. The molecular formula is C20H38O4. The molecule has 0 aromatic carbocycles. The first kappa shape index (κ1) is 22.9. The summed E-state index contributed by atoms with van der Waals surface area (Å²) in [6.45, 7) is 6.44. The molecule has 0 aliphatic heterocycles. The van der Waals surface area contributed by atoms with Crippen LogP contribution < -0.4 is 0 Å². The van der Waals surface area contributed by atoms with Gasteiger partial charge in [0.15, 0.2) is 0 Å². The minimum absolute atomic E-state index is 0.0706. The van der Waals surface area contributed by atoms with Gasteiger partial charge in [0.25, 0.3) is 0 Å². The van der Waals surface area contributed by atoms with E-state index in [1.807, 2.05) is 13.8 Å². The average molecular weight is 343 g/mol. The molecule has 0 saturated carbocycles. The van der Waals surface area contributed by atoms with Crippen LogP contribution in [0.15, 0.2) is 0 Å². The van der Waals surface area contributed by atoms with Gasteiger partial charge in [0.2, 0.25) is 0 Å². The Kier molecular flexibility index (Phi) is 16.0. The lowest BCUT2D eigenvalue weighted by Gasteiger charge is -2.07. The SMILES string of the molecule is CCCCCCCCCCCOC(=O)CCCCC(=O)OC(C)C. The summed E-state index contributed by atoms with van der Waals surface area (Å²) in [5, 5.41) is 0. The normalized spacial score (nSPS) is 10.8. The molecule has 142 valence electrons. The van der Waals surface area contributed by atoms with Gasteiger partial charge in [0.1, 0.15) is 0 Å². The van der Waals surface area contributed by atoms with Gasteiger partial charge in [-0.15, -0.1) is 0 Å². The average Bonchev–Trinajstić information content (AvgIpc) is 2.52. The number of carbonyl (C=O) groups excluding carboxylic acids is 2. The molecule has 0 rings (SSSR count). The van der Waals surface area contributed by atoms with E-state index in [1.54, 1.807) is 0 Å². The second-order valence-corrected chi connectivity index (χ2v) is 6.79. The van der Waals surface area contributed by atoms with Crippen LogP contribution in [0.4, 0.5) is 0 Å². The molecule has 4 heteroatoms. The molecule has 0 radical (unpaired) electrons. The summed E-state index contributed by atoms with van der Waals surface area (Å²) >= 11 is 0. The van der Waals surface area contributed by atoms with Crippen molar-refractivity contribution in [1.29, 1.82) is 0 Å². The van der Waals surface area contributed by atoms with Crippen LogP contribution in [0.2, 0.25) is 0 Å². The highest BCUT2D eigenvalue weighted by molar-refractivity contribution is 5.70. The number of esters is 2. The van der Waals surface area contributed by atoms with Crippen LogP contribution >= 0.6 is 0 Å². The van der Waals surface area contributed by atoms with Crippen molar-refractivity contribution in [2.75, 3.05) is 6.61 Å². The van der Waals surface area contributed by atoms with E-state index in [1.165, 1.54) is 44.9 Å². The quantitative estimate of drug-likeness (QED) is 0.272. The van der Waals surface area contributed by atoms with Crippen molar-refractivity contribution >= 4 is 11.9 Å². The topological polar surface area (TPSA) is 52.6 Å². The Bertz CT molecular complexity index is 313. The zero-order valence-corrected chi connectivity index (χ0v) is 16.1. The molecule has 0 aliphatic rings. The van der Waals surface area contributed by atoms with Crippen molar-refractivity contribution in [3.8, 4) is 0 Å². The minimum atomic E-state index is -0.187. The molecule has 24 heavy (non-hydrogen) atoms. The van der Waals surface area contributed by atoms with E-state index in [-0.39, 0.29) is 18.0 Å². The monoisotopic (exact) mass is 342 g/mol. The fourth-order valence-electron chi connectivity index (χ4n) is 2.53. The molecule has 0 N–H and O–H groups in total. The minimum Gasteiger partial charge on any atom is -0.466 e. The molecule has 0 aromatic heterocycles. The lowest BCUT2D eigenvalue weighted by molar-refractivity contribution is -0.148. The Morgan fingerprint density at radius 2 is 1.21 bits per heavy atom. The van der Waals surface area contributed by atoms with Crippen molar-refractivity contribution < 1.29 is 19.1 Å². The highest BCUT2D eigenvalue weighted by Gasteiger charge is 2.07. The van der Waals surface area contributed by atoms with Crippen molar-refractivity contribution in [2.24, 2.45) is 0 Å². The second-order valence-electron chi connectivity index (χ2n) is 6.79. The summed E-state index contributed by atoms with van der Waals surface area (Å²) in [6.07, 6.45) is 13.4. The molecule has 0 aliphatic carbocycles. The highest BCUT2D eigenvalue weighted by atomic mass is 16.5. The van der Waals surface area contributed by atoms with Gasteiger partial charge in [-0.3, -0.25) is 9.59 Å². The standard InChI is InChI=1S/C20H38O4/c1-4-5-6-7-8-9-10-11-14-17-23-19(21)15-12-13-16-20(22)24-18(2)3/h18H,4-17H2,1-3H3. The van der Waals surface area contributed by atoms with Crippen LogP contribution in [-0.4, -0.2) is 24.6 Å². The predicted octanol–water partition coefficient (Wildman–Crippen LogP) is 5.57. The zero-order valence-electron chi connectivity index (χ0n) is 16.1. The first-order valence-electron chi connectivity index (χ1n) is 9.91. The smallest absolute Gasteiger partial charge is 0.306 e. The molecule has 0 amide bonds. The highest BCUT2D eigenvalue weighted by Crippen LogP contribution is 2.10. The lowest BCUT2D eigenvalue weighted by Crippen LogP contribution is -2.11.